The first kappa shape index (κ1) is 13.8. The molecule has 1 N–H and O–H groups in total. The third kappa shape index (κ3) is 2.75. The molecule has 1 amide bonds. The highest BCUT2D eigenvalue weighted by Crippen LogP contribution is 2.19. The van der Waals surface area contributed by atoms with Crippen molar-refractivity contribution < 1.29 is 9.32 Å². The molecule has 1 aliphatic heterocycles. The van der Waals surface area contributed by atoms with Crippen molar-refractivity contribution in [1.82, 2.24) is 20.0 Å². The van der Waals surface area contributed by atoms with Gasteiger partial charge in [0.05, 0.1) is 0 Å². The smallest absolute Gasteiger partial charge is 0.290 e. The van der Waals surface area contributed by atoms with Crippen LogP contribution in [0.1, 0.15) is 22.8 Å². The number of amides is 1. The number of nitrogens with zero attached hydrogens (tertiary/aromatic N) is 3. The quantitative estimate of drug-likeness (QED) is 0.805. The highest BCUT2D eigenvalue weighted by Gasteiger charge is 2.22. The number of carbonyl (C=O) groups excluding carboxylic acids is 1. The Bertz CT molecular complexity index is 822. The lowest BCUT2D eigenvalue weighted by Crippen LogP contribution is -2.40. The number of hydrogen-bond donors (Lipinski definition) is 1. The van der Waals surface area contributed by atoms with Crippen LogP contribution in [-0.2, 0) is 13.0 Å². The molecule has 0 saturated carbocycles. The Balaban J connectivity index is 1.45. The van der Waals surface area contributed by atoms with Crippen molar-refractivity contribution in [2.75, 3.05) is 0 Å². The van der Waals surface area contributed by atoms with Gasteiger partial charge in [-0.1, -0.05) is 35.5 Å². The maximum absolute atomic E-state index is 12.3. The number of aryl methyl sites for hydroxylation is 1. The Morgan fingerprint density at radius 2 is 2.17 bits per heavy atom. The molecular formula is C17H16N4O2. The molecule has 6 nitrogen and oxygen atoms in total. The molecule has 1 aliphatic rings. The second kappa shape index (κ2) is 5.72. The summed E-state index contributed by atoms with van der Waals surface area (Å²) >= 11 is 0. The zero-order chi connectivity index (χ0) is 15.6. The molecule has 3 aromatic rings. The number of aromatic nitrogens is 3. The van der Waals surface area contributed by atoms with E-state index in [1.54, 1.807) is 12.3 Å². The number of hydrogen-bond acceptors (Lipinski definition) is 4. The molecule has 1 atom stereocenters. The van der Waals surface area contributed by atoms with Crippen LogP contribution in [0.5, 0.6) is 0 Å². The second-order valence-corrected chi connectivity index (χ2v) is 5.65. The molecular weight excluding hydrogens is 292 g/mol. The third-order valence-electron chi connectivity index (χ3n) is 4.07. The predicted octanol–water partition coefficient (Wildman–Crippen LogP) is 2.28. The minimum Gasteiger partial charge on any atom is -0.350 e. The molecule has 0 radical (unpaired) electrons. The highest BCUT2D eigenvalue weighted by atomic mass is 16.5. The zero-order valence-corrected chi connectivity index (χ0v) is 12.5. The molecule has 23 heavy (non-hydrogen) atoms. The van der Waals surface area contributed by atoms with Gasteiger partial charge >= 0.3 is 0 Å². The van der Waals surface area contributed by atoms with Crippen LogP contribution in [0.25, 0.3) is 11.3 Å². The Morgan fingerprint density at radius 1 is 1.30 bits per heavy atom. The van der Waals surface area contributed by atoms with E-state index in [-0.39, 0.29) is 17.7 Å². The van der Waals surface area contributed by atoms with Gasteiger partial charge in [0.25, 0.3) is 5.91 Å². The van der Waals surface area contributed by atoms with Crippen LogP contribution in [0, 0.1) is 0 Å². The molecule has 1 unspecified atom stereocenters. The fourth-order valence-electron chi connectivity index (χ4n) is 2.87. The van der Waals surface area contributed by atoms with E-state index in [4.69, 9.17) is 4.52 Å². The molecule has 116 valence electrons. The first-order valence-corrected chi connectivity index (χ1v) is 7.62. The van der Waals surface area contributed by atoms with Crippen molar-refractivity contribution >= 4 is 5.91 Å². The molecule has 4 rings (SSSR count). The van der Waals surface area contributed by atoms with Gasteiger partial charge in [-0.3, -0.25) is 4.79 Å². The largest absolute Gasteiger partial charge is 0.350 e. The Hall–Kier alpha value is -2.89. The van der Waals surface area contributed by atoms with E-state index in [0.717, 1.165) is 30.8 Å². The maximum Gasteiger partial charge on any atom is 0.290 e. The Kier molecular flexibility index (Phi) is 3.42. The van der Waals surface area contributed by atoms with Gasteiger partial charge < -0.3 is 14.4 Å². The van der Waals surface area contributed by atoms with Crippen LogP contribution in [-0.4, -0.2) is 26.7 Å². The van der Waals surface area contributed by atoms with Crippen molar-refractivity contribution in [3.63, 3.8) is 0 Å². The summed E-state index contributed by atoms with van der Waals surface area (Å²) in [6, 6.07) is 11.4. The zero-order valence-electron chi connectivity index (χ0n) is 12.5. The summed E-state index contributed by atoms with van der Waals surface area (Å²) in [6.45, 7) is 0.737. The first-order chi connectivity index (χ1) is 11.3. The Morgan fingerprint density at radius 3 is 3.04 bits per heavy atom. The second-order valence-electron chi connectivity index (χ2n) is 5.65. The number of imidazole rings is 1. The maximum atomic E-state index is 12.3. The molecule has 0 aliphatic carbocycles. The van der Waals surface area contributed by atoms with Gasteiger partial charge in [-0.25, -0.2) is 4.98 Å². The van der Waals surface area contributed by atoms with E-state index in [1.807, 2.05) is 36.5 Å². The van der Waals surface area contributed by atoms with Crippen LogP contribution in [0.2, 0.25) is 0 Å². The van der Waals surface area contributed by atoms with Gasteiger partial charge in [0, 0.05) is 43.0 Å². The van der Waals surface area contributed by atoms with E-state index < -0.39 is 0 Å². The van der Waals surface area contributed by atoms with Crippen molar-refractivity contribution in [1.29, 1.82) is 0 Å². The topological polar surface area (TPSA) is 73.0 Å². The van der Waals surface area contributed by atoms with E-state index in [9.17, 15) is 4.79 Å². The van der Waals surface area contributed by atoms with E-state index in [1.165, 1.54) is 0 Å². The lowest BCUT2D eigenvalue weighted by molar-refractivity contribution is 0.0890. The van der Waals surface area contributed by atoms with Gasteiger partial charge in [-0.05, 0) is 6.42 Å². The van der Waals surface area contributed by atoms with Crippen molar-refractivity contribution in [2.45, 2.75) is 25.4 Å². The minimum absolute atomic E-state index is 0.0782. The summed E-state index contributed by atoms with van der Waals surface area (Å²) in [4.78, 5) is 16.6. The number of benzene rings is 1. The van der Waals surface area contributed by atoms with Crippen LogP contribution >= 0.6 is 0 Å². The average Bonchev–Trinajstić information content (AvgIpc) is 3.24. The molecule has 6 heteroatoms. The van der Waals surface area contributed by atoms with E-state index >= 15 is 0 Å². The summed E-state index contributed by atoms with van der Waals surface area (Å²) in [7, 11) is 0. The van der Waals surface area contributed by atoms with Gasteiger partial charge in [0.1, 0.15) is 11.5 Å². The van der Waals surface area contributed by atoms with Crippen molar-refractivity contribution in [3.8, 4) is 11.3 Å². The normalized spacial score (nSPS) is 16.8. The molecule has 2 aromatic heterocycles. The fraction of sp³-hybridized carbons (Fsp3) is 0.235. The van der Waals surface area contributed by atoms with Crippen LogP contribution in [0.4, 0.5) is 0 Å². The predicted molar refractivity (Wildman–Crippen MR) is 83.7 cm³/mol. The summed E-state index contributed by atoms with van der Waals surface area (Å²) in [5.74, 6) is 1.08. The summed E-state index contributed by atoms with van der Waals surface area (Å²) in [5.41, 5.74) is 1.59. The van der Waals surface area contributed by atoms with Crippen molar-refractivity contribution in [3.05, 3.63) is 60.4 Å². The molecule has 0 saturated heterocycles. The molecule has 1 aromatic carbocycles. The first-order valence-electron chi connectivity index (χ1n) is 7.62. The van der Waals surface area contributed by atoms with Crippen molar-refractivity contribution in [2.24, 2.45) is 0 Å². The number of carbonyl (C=O) groups is 1. The van der Waals surface area contributed by atoms with Crippen LogP contribution in [0.15, 0.2) is 53.3 Å². The summed E-state index contributed by atoms with van der Waals surface area (Å²) in [6.07, 6.45) is 5.48. The molecule has 0 bridgehead atoms. The average molecular weight is 308 g/mol. The van der Waals surface area contributed by atoms with Gasteiger partial charge in [0.2, 0.25) is 5.76 Å². The van der Waals surface area contributed by atoms with Crippen LogP contribution < -0.4 is 5.32 Å². The lowest BCUT2D eigenvalue weighted by atomic mass is 10.1. The third-order valence-corrected chi connectivity index (χ3v) is 4.07. The van der Waals surface area contributed by atoms with Crippen LogP contribution in [0.3, 0.4) is 0 Å². The van der Waals surface area contributed by atoms with Gasteiger partial charge in [-0.15, -0.1) is 0 Å². The standard InChI is InChI=1S/C17H16N4O2/c22-17(19-13-6-7-16-18-8-9-21(16)11-13)15-10-14(20-23-15)12-4-2-1-3-5-12/h1-5,8-10,13H,6-7,11H2,(H,19,22). The molecule has 0 fully saturated rings. The fourth-order valence-corrected chi connectivity index (χ4v) is 2.87. The molecule has 3 heterocycles. The van der Waals surface area contributed by atoms with E-state index in [2.05, 4.69) is 20.0 Å². The Labute approximate surface area is 133 Å². The number of fused-ring (bicyclic) bond motifs is 1. The lowest BCUT2D eigenvalue weighted by Gasteiger charge is -2.24. The highest BCUT2D eigenvalue weighted by molar-refractivity contribution is 5.92. The van der Waals surface area contributed by atoms with E-state index in [0.29, 0.717) is 5.69 Å². The number of rotatable bonds is 3. The minimum atomic E-state index is -0.228. The SMILES string of the molecule is O=C(NC1CCc2nccn2C1)c1cc(-c2ccccc2)no1. The van der Waals surface area contributed by atoms with Gasteiger partial charge in [0.15, 0.2) is 0 Å². The number of nitrogens with one attached hydrogen (secondary N) is 1. The molecule has 0 spiro atoms. The summed E-state index contributed by atoms with van der Waals surface area (Å²) < 4.78 is 7.27. The monoisotopic (exact) mass is 308 g/mol. The summed E-state index contributed by atoms with van der Waals surface area (Å²) in [5, 5.41) is 6.99. The van der Waals surface area contributed by atoms with Gasteiger partial charge in [-0.2, -0.15) is 0 Å².